The predicted molar refractivity (Wildman–Crippen MR) is 123 cm³/mol. The summed E-state index contributed by atoms with van der Waals surface area (Å²) < 4.78 is 45.8. The van der Waals surface area contributed by atoms with Crippen molar-refractivity contribution in [3.8, 4) is 17.0 Å². The van der Waals surface area contributed by atoms with E-state index in [0.29, 0.717) is 18.3 Å². The SMILES string of the molecule is COc1ccc(-c2nc(NC(=O)c3cnc(Cl)cn3)sc2CN2CCC[C@H]2C)cc1C(F)(F)F. The maximum Gasteiger partial charge on any atom is 0.419 e. The van der Waals surface area contributed by atoms with Crippen molar-refractivity contribution in [3.05, 3.63) is 51.9 Å². The molecule has 1 fully saturated rings. The summed E-state index contributed by atoms with van der Waals surface area (Å²) in [5.74, 6) is -0.813. The van der Waals surface area contributed by atoms with Gasteiger partial charge in [-0.15, -0.1) is 0 Å². The summed E-state index contributed by atoms with van der Waals surface area (Å²) in [6.45, 7) is 3.51. The van der Waals surface area contributed by atoms with E-state index in [1.54, 1.807) is 0 Å². The summed E-state index contributed by atoms with van der Waals surface area (Å²) in [5, 5.41) is 3.07. The third kappa shape index (κ3) is 5.31. The van der Waals surface area contributed by atoms with Gasteiger partial charge >= 0.3 is 6.18 Å². The Morgan fingerprint density at radius 1 is 1.32 bits per heavy atom. The lowest BCUT2D eigenvalue weighted by atomic mass is 10.1. The van der Waals surface area contributed by atoms with Gasteiger partial charge in [-0.3, -0.25) is 15.0 Å². The average molecular weight is 512 g/mol. The van der Waals surface area contributed by atoms with E-state index in [-0.39, 0.29) is 27.3 Å². The van der Waals surface area contributed by atoms with Gasteiger partial charge in [-0.2, -0.15) is 13.2 Å². The van der Waals surface area contributed by atoms with E-state index in [1.165, 1.54) is 43.0 Å². The molecule has 0 radical (unpaired) electrons. The van der Waals surface area contributed by atoms with Crippen LogP contribution in [0.15, 0.2) is 30.6 Å². The molecule has 180 valence electrons. The highest BCUT2D eigenvalue weighted by Crippen LogP contribution is 2.41. The Hall–Kier alpha value is -2.76. The Labute approximate surface area is 203 Å². The van der Waals surface area contributed by atoms with Crippen molar-refractivity contribution in [3.63, 3.8) is 0 Å². The Morgan fingerprint density at radius 3 is 2.74 bits per heavy atom. The van der Waals surface area contributed by atoms with E-state index in [4.69, 9.17) is 16.3 Å². The molecule has 7 nitrogen and oxygen atoms in total. The van der Waals surface area contributed by atoms with E-state index in [2.05, 4.69) is 32.1 Å². The Kier molecular flexibility index (Phi) is 7.06. The number of methoxy groups -OCH3 is 1. The molecular weight excluding hydrogens is 491 g/mol. The molecule has 1 aliphatic heterocycles. The first-order chi connectivity index (χ1) is 16.2. The van der Waals surface area contributed by atoms with Gasteiger partial charge in [0.15, 0.2) is 5.13 Å². The van der Waals surface area contributed by atoms with Gasteiger partial charge in [0.2, 0.25) is 0 Å². The standard InChI is InChI=1S/C22H21ClF3N5O2S/c1-12-4-3-7-31(12)11-17-19(13-5-6-16(33-2)14(8-13)22(24,25)26)29-21(34-17)30-20(32)15-9-28-18(23)10-27-15/h5-6,8-10,12H,3-4,7,11H2,1-2H3,(H,29,30,32)/t12-/m1/s1. The fourth-order valence-electron chi connectivity index (χ4n) is 3.82. The van der Waals surface area contributed by atoms with Crippen LogP contribution in [0.5, 0.6) is 5.75 Å². The number of rotatable bonds is 6. The quantitative estimate of drug-likeness (QED) is 0.469. The van der Waals surface area contributed by atoms with E-state index in [9.17, 15) is 18.0 Å². The molecule has 0 aliphatic carbocycles. The van der Waals surface area contributed by atoms with Gasteiger partial charge in [0.25, 0.3) is 5.91 Å². The fraction of sp³-hybridized carbons (Fsp3) is 0.364. The summed E-state index contributed by atoms with van der Waals surface area (Å²) in [6, 6.07) is 4.19. The number of ether oxygens (including phenoxy) is 1. The molecule has 0 spiro atoms. The van der Waals surface area contributed by atoms with Crippen LogP contribution in [-0.2, 0) is 12.7 Å². The van der Waals surface area contributed by atoms with Crippen LogP contribution < -0.4 is 10.1 Å². The minimum absolute atomic E-state index is 0.0414. The van der Waals surface area contributed by atoms with Gasteiger partial charge in [-0.05, 0) is 44.5 Å². The number of nitrogens with zero attached hydrogens (tertiary/aromatic N) is 4. The first-order valence-corrected chi connectivity index (χ1v) is 11.6. The maximum atomic E-state index is 13.6. The summed E-state index contributed by atoms with van der Waals surface area (Å²) in [6.07, 6.45) is -0.00797. The van der Waals surface area contributed by atoms with Crippen molar-refractivity contribution in [2.24, 2.45) is 0 Å². The number of halogens is 4. The number of likely N-dealkylation sites (tertiary alicyclic amines) is 1. The Balaban J connectivity index is 1.71. The third-order valence-electron chi connectivity index (χ3n) is 5.59. The zero-order valence-electron chi connectivity index (χ0n) is 18.3. The van der Waals surface area contributed by atoms with Gasteiger partial charge in [0.1, 0.15) is 16.6 Å². The number of thiazole rings is 1. The fourth-order valence-corrected chi connectivity index (χ4v) is 4.92. The molecule has 1 saturated heterocycles. The van der Waals surface area contributed by atoms with Gasteiger partial charge in [0, 0.05) is 23.0 Å². The number of hydrogen-bond donors (Lipinski definition) is 1. The van der Waals surface area contributed by atoms with Gasteiger partial charge in [0.05, 0.1) is 30.8 Å². The predicted octanol–water partition coefficient (Wildman–Crippen LogP) is 5.52. The molecule has 1 amide bonds. The molecule has 34 heavy (non-hydrogen) atoms. The van der Waals surface area contributed by atoms with Crippen molar-refractivity contribution in [1.29, 1.82) is 0 Å². The highest BCUT2D eigenvalue weighted by molar-refractivity contribution is 7.16. The lowest BCUT2D eigenvalue weighted by Gasteiger charge is -2.20. The van der Waals surface area contributed by atoms with Crippen LogP contribution in [0.1, 0.15) is 40.7 Å². The van der Waals surface area contributed by atoms with Gasteiger partial charge < -0.3 is 4.74 Å². The van der Waals surface area contributed by atoms with E-state index >= 15 is 0 Å². The molecule has 1 aliphatic rings. The van der Waals surface area contributed by atoms with Crippen LogP contribution in [0.2, 0.25) is 5.15 Å². The van der Waals surface area contributed by atoms with Crippen LogP contribution >= 0.6 is 22.9 Å². The van der Waals surface area contributed by atoms with Crippen molar-refractivity contribution in [2.75, 3.05) is 19.0 Å². The number of aromatic nitrogens is 3. The second kappa shape index (κ2) is 9.85. The molecule has 3 aromatic rings. The molecule has 3 heterocycles. The number of carbonyl (C=O) groups is 1. The molecule has 0 unspecified atom stereocenters. The number of amides is 1. The molecule has 0 saturated carbocycles. The molecule has 1 N–H and O–H groups in total. The second-order valence-corrected chi connectivity index (χ2v) is 9.31. The number of carbonyl (C=O) groups excluding carboxylic acids is 1. The highest BCUT2D eigenvalue weighted by Gasteiger charge is 2.35. The first kappa shape index (κ1) is 24.4. The first-order valence-electron chi connectivity index (χ1n) is 10.4. The normalized spacial score (nSPS) is 16.6. The zero-order valence-corrected chi connectivity index (χ0v) is 19.9. The largest absolute Gasteiger partial charge is 0.496 e. The lowest BCUT2D eigenvalue weighted by Crippen LogP contribution is -2.25. The van der Waals surface area contributed by atoms with Crippen LogP contribution in [-0.4, -0.2) is 45.5 Å². The zero-order chi connectivity index (χ0) is 24.5. The number of hydrogen-bond acceptors (Lipinski definition) is 7. The van der Waals surface area contributed by atoms with E-state index < -0.39 is 17.6 Å². The summed E-state index contributed by atoms with van der Waals surface area (Å²) in [5.41, 5.74) is -0.171. The number of benzene rings is 1. The lowest BCUT2D eigenvalue weighted by molar-refractivity contribution is -0.138. The summed E-state index contributed by atoms with van der Waals surface area (Å²) in [4.78, 5) is 27.8. The van der Waals surface area contributed by atoms with Crippen molar-refractivity contribution < 1.29 is 22.7 Å². The van der Waals surface area contributed by atoms with Crippen LogP contribution in [0.3, 0.4) is 0 Å². The molecule has 1 atom stereocenters. The second-order valence-electron chi connectivity index (χ2n) is 7.84. The van der Waals surface area contributed by atoms with E-state index in [1.807, 2.05) is 0 Å². The Morgan fingerprint density at radius 2 is 2.12 bits per heavy atom. The topological polar surface area (TPSA) is 80.2 Å². The summed E-state index contributed by atoms with van der Waals surface area (Å²) in [7, 11) is 1.20. The Bertz CT molecular complexity index is 1190. The van der Waals surface area contributed by atoms with Crippen LogP contribution in [0, 0.1) is 0 Å². The molecule has 1 aromatic carbocycles. The molecule has 0 bridgehead atoms. The smallest absolute Gasteiger partial charge is 0.419 e. The van der Waals surface area contributed by atoms with Crippen LogP contribution in [0.25, 0.3) is 11.3 Å². The van der Waals surface area contributed by atoms with Crippen molar-refractivity contribution in [1.82, 2.24) is 19.9 Å². The maximum absolute atomic E-state index is 13.6. The number of alkyl halides is 3. The van der Waals surface area contributed by atoms with Gasteiger partial charge in [-0.1, -0.05) is 22.9 Å². The molecular formula is C22H21ClF3N5O2S. The van der Waals surface area contributed by atoms with Crippen molar-refractivity contribution >= 4 is 34.0 Å². The van der Waals surface area contributed by atoms with E-state index in [0.717, 1.165) is 30.3 Å². The van der Waals surface area contributed by atoms with Crippen LogP contribution in [0.4, 0.5) is 18.3 Å². The molecule has 12 heteroatoms. The average Bonchev–Trinajstić information content (AvgIpc) is 3.39. The highest BCUT2D eigenvalue weighted by atomic mass is 35.5. The van der Waals surface area contributed by atoms with Gasteiger partial charge in [-0.25, -0.2) is 15.0 Å². The molecule has 4 rings (SSSR count). The summed E-state index contributed by atoms with van der Waals surface area (Å²) >= 11 is 6.94. The minimum atomic E-state index is -4.59. The monoisotopic (exact) mass is 511 g/mol. The number of anilines is 1. The van der Waals surface area contributed by atoms with Crippen molar-refractivity contribution in [2.45, 2.75) is 38.5 Å². The molecule has 2 aromatic heterocycles. The third-order valence-corrected chi connectivity index (χ3v) is 6.74. The number of nitrogens with one attached hydrogen (secondary N) is 1. The minimum Gasteiger partial charge on any atom is -0.496 e.